The lowest BCUT2D eigenvalue weighted by Crippen LogP contribution is -2.46. The number of carbonyl (C=O) groups excluding carboxylic acids is 1. The summed E-state index contributed by atoms with van der Waals surface area (Å²) in [5.41, 5.74) is 0. The highest BCUT2D eigenvalue weighted by Gasteiger charge is 2.25. The quantitative estimate of drug-likeness (QED) is 0.672. The van der Waals surface area contributed by atoms with Crippen molar-refractivity contribution in [3.05, 3.63) is 0 Å². The van der Waals surface area contributed by atoms with Crippen LogP contribution < -0.4 is 0 Å². The predicted molar refractivity (Wildman–Crippen MR) is 59.7 cm³/mol. The molecule has 17 heavy (non-hydrogen) atoms. The van der Waals surface area contributed by atoms with Gasteiger partial charge >= 0.3 is 5.97 Å². The second-order valence-electron chi connectivity index (χ2n) is 4.03. The Hall–Kier alpha value is -1.14. The summed E-state index contributed by atoms with van der Waals surface area (Å²) >= 11 is 0. The fraction of sp³-hybridized carbons (Fsp3) is 0.818. The molecular formula is C11H19NO5. The normalized spacial score (nSPS) is 20.3. The van der Waals surface area contributed by atoms with Gasteiger partial charge in [-0.3, -0.25) is 9.59 Å². The summed E-state index contributed by atoms with van der Waals surface area (Å²) in [4.78, 5) is 24.0. The lowest BCUT2D eigenvalue weighted by molar-refractivity contribution is -0.147. The zero-order valence-electron chi connectivity index (χ0n) is 10.1. The fourth-order valence-corrected chi connectivity index (χ4v) is 1.79. The molecule has 6 nitrogen and oxygen atoms in total. The van der Waals surface area contributed by atoms with Gasteiger partial charge in [-0.15, -0.1) is 0 Å². The van der Waals surface area contributed by atoms with E-state index in [0.29, 0.717) is 39.1 Å². The van der Waals surface area contributed by atoms with Crippen LogP contribution >= 0.6 is 0 Å². The van der Waals surface area contributed by atoms with E-state index in [-0.39, 0.29) is 18.4 Å². The average Bonchev–Trinajstić information content (AvgIpc) is 2.28. The number of methoxy groups -OCH3 is 1. The van der Waals surface area contributed by atoms with Crippen molar-refractivity contribution in [1.29, 1.82) is 0 Å². The minimum Gasteiger partial charge on any atom is -0.481 e. The van der Waals surface area contributed by atoms with Crippen LogP contribution in [0.5, 0.6) is 0 Å². The molecule has 0 spiro atoms. The largest absolute Gasteiger partial charge is 0.481 e. The first-order valence-electron chi connectivity index (χ1n) is 5.73. The van der Waals surface area contributed by atoms with Gasteiger partial charge in [0.25, 0.3) is 0 Å². The molecule has 1 saturated heterocycles. The molecule has 0 aromatic carbocycles. The van der Waals surface area contributed by atoms with Crippen LogP contribution in [0.4, 0.5) is 0 Å². The molecule has 1 rings (SSSR count). The Balaban J connectivity index is 2.32. The van der Waals surface area contributed by atoms with Gasteiger partial charge in [0.2, 0.25) is 5.91 Å². The van der Waals surface area contributed by atoms with E-state index in [1.54, 1.807) is 12.0 Å². The van der Waals surface area contributed by atoms with Gasteiger partial charge in [0.1, 0.15) is 0 Å². The van der Waals surface area contributed by atoms with E-state index in [4.69, 9.17) is 14.6 Å². The van der Waals surface area contributed by atoms with Crippen molar-refractivity contribution in [3.8, 4) is 0 Å². The summed E-state index contributed by atoms with van der Waals surface area (Å²) in [6.07, 6.45) is 0.693. The number of morpholine rings is 1. The van der Waals surface area contributed by atoms with Gasteiger partial charge in [-0.2, -0.15) is 0 Å². The lowest BCUT2D eigenvalue weighted by Gasteiger charge is -2.32. The maximum atomic E-state index is 11.8. The molecule has 6 heteroatoms. The first kappa shape index (κ1) is 13.9. The molecule has 0 aliphatic carbocycles. The van der Waals surface area contributed by atoms with E-state index in [0.717, 1.165) is 0 Å². The van der Waals surface area contributed by atoms with Crippen molar-refractivity contribution in [1.82, 2.24) is 4.90 Å². The minimum atomic E-state index is -0.899. The van der Waals surface area contributed by atoms with E-state index in [9.17, 15) is 9.59 Å². The van der Waals surface area contributed by atoms with E-state index in [2.05, 4.69) is 0 Å². The van der Waals surface area contributed by atoms with Crippen LogP contribution in [0.1, 0.15) is 19.3 Å². The van der Waals surface area contributed by atoms with Gasteiger partial charge in [-0.05, 0) is 6.42 Å². The number of amides is 1. The number of rotatable bonds is 6. The minimum absolute atomic E-state index is 0.0424. The number of hydrogen-bond acceptors (Lipinski definition) is 4. The standard InChI is InChI=1S/C11H19NO5/c1-16-5-2-3-10(13)12-4-6-17-9(8-12)7-11(14)15/h9H,2-8H2,1H3,(H,14,15)/t9-/m0/s1. The number of carbonyl (C=O) groups is 2. The molecule has 0 aromatic rings. The summed E-state index contributed by atoms with van der Waals surface area (Å²) < 4.78 is 10.2. The number of aliphatic carboxylic acids is 1. The molecule has 98 valence electrons. The van der Waals surface area contributed by atoms with Crippen molar-refractivity contribution in [2.45, 2.75) is 25.4 Å². The zero-order valence-corrected chi connectivity index (χ0v) is 10.1. The predicted octanol–water partition coefficient (Wildman–Crippen LogP) is 0.115. The van der Waals surface area contributed by atoms with Crippen molar-refractivity contribution in [2.75, 3.05) is 33.4 Å². The maximum absolute atomic E-state index is 11.8. The third-order valence-corrected chi connectivity index (χ3v) is 2.63. The Morgan fingerprint density at radius 1 is 1.53 bits per heavy atom. The van der Waals surface area contributed by atoms with Crippen LogP contribution in [-0.4, -0.2) is 61.4 Å². The summed E-state index contributed by atoms with van der Waals surface area (Å²) in [6, 6.07) is 0. The smallest absolute Gasteiger partial charge is 0.306 e. The first-order valence-corrected chi connectivity index (χ1v) is 5.73. The summed E-state index contributed by atoms with van der Waals surface area (Å²) in [5.74, 6) is -0.857. The van der Waals surface area contributed by atoms with Gasteiger partial charge in [0.15, 0.2) is 0 Å². The molecule has 0 aromatic heterocycles. The van der Waals surface area contributed by atoms with Gasteiger partial charge in [0.05, 0.1) is 19.1 Å². The highest BCUT2D eigenvalue weighted by Crippen LogP contribution is 2.10. The maximum Gasteiger partial charge on any atom is 0.306 e. The van der Waals surface area contributed by atoms with Crippen LogP contribution in [-0.2, 0) is 19.1 Å². The third kappa shape index (κ3) is 5.14. The van der Waals surface area contributed by atoms with E-state index < -0.39 is 5.97 Å². The monoisotopic (exact) mass is 245 g/mol. The van der Waals surface area contributed by atoms with Crippen molar-refractivity contribution in [3.63, 3.8) is 0 Å². The van der Waals surface area contributed by atoms with E-state index in [1.807, 2.05) is 0 Å². The van der Waals surface area contributed by atoms with Gasteiger partial charge in [-0.25, -0.2) is 0 Å². The Morgan fingerprint density at radius 2 is 2.29 bits per heavy atom. The van der Waals surface area contributed by atoms with Gasteiger partial charge < -0.3 is 19.5 Å². The molecule has 0 bridgehead atoms. The van der Waals surface area contributed by atoms with Crippen LogP contribution in [0, 0.1) is 0 Å². The second kappa shape index (κ2) is 7.24. The Kier molecular flexibility index (Phi) is 5.93. The van der Waals surface area contributed by atoms with Crippen LogP contribution in [0.2, 0.25) is 0 Å². The third-order valence-electron chi connectivity index (χ3n) is 2.63. The van der Waals surface area contributed by atoms with Gasteiger partial charge in [-0.1, -0.05) is 0 Å². The van der Waals surface area contributed by atoms with E-state index in [1.165, 1.54) is 0 Å². The molecular weight excluding hydrogens is 226 g/mol. The number of ether oxygens (including phenoxy) is 2. The van der Waals surface area contributed by atoms with E-state index >= 15 is 0 Å². The number of carboxylic acids is 1. The Bertz CT molecular complexity index is 269. The van der Waals surface area contributed by atoms with Crippen LogP contribution in [0.15, 0.2) is 0 Å². The van der Waals surface area contributed by atoms with Crippen LogP contribution in [0.3, 0.4) is 0 Å². The van der Waals surface area contributed by atoms with Crippen LogP contribution in [0.25, 0.3) is 0 Å². The number of hydrogen-bond donors (Lipinski definition) is 1. The number of nitrogens with zero attached hydrogens (tertiary/aromatic N) is 1. The number of carboxylic acid groups (broad SMARTS) is 1. The summed E-state index contributed by atoms with van der Waals surface area (Å²) in [6.45, 7) is 1.89. The first-order chi connectivity index (χ1) is 8.13. The van der Waals surface area contributed by atoms with Gasteiger partial charge in [0, 0.05) is 33.2 Å². The zero-order chi connectivity index (χ0) is 12.7. The molecule has 0 radical (unpaired) electrons. The van der Waals surface area contributed by atoms with Crippen molar-refractivity contribution < 1.29 is 24.2 Å². The molecule has 1 aliphatic rings. The second-order valence-corrected chi connectivity index (χ2v) is 4.03. The molecule has 1 amide bonds. The van der Waals surface area contributed by atoms with Crippen molar-refractivity contribution >= 4 is 11.9 Å². The lowest BCUT2D eigenvalue weighted by atomic mass is 10.2. The summed E-state index contributed by atoms with van der Waals surface area (Å²) in [5, 5.41) is 8.66. The molecule has 1 atom stereocenters. The molecule has 1 heterocycles. The molecule has 1 fully saturated rings. The molecule has 0 unspecified atom stereocenters. The Labute approximate surface area is 100 Å². The SMILES string of the molecule is COCCCC(=O)N1CCO[C@@H](CC(=O)O)C1. The molecule has 1 aliphatic heterocycles. The molecule has 1 N–H and O–H groups in total. The highest BCUT2D eigenvalue weighted by atomic mass is 16.5. The highest BCUT2D eigenvalue weighted by molar-refractivity contribution is 5.76. The summed E-state index contributed by atoms with van der Waals surface area (Å²) in [7, 11) is 1.60. The topological polar surface area (TPSA) is 76.1 Å². The fourth-order valence-electron chi connectivity index (χ4n) is 1.79. The molecule has 0 saturated carbocycles. The average molecular weight is 245 g/mol. The Morgan fingerprint density at radius 3 is 2.94 bits per heavy atom. The van der Waals surface area contributed by atoms with Crippen molar-refractivity contribution in [2.24, 2.45) is 0 Å².